The van der Waals surface area contributed by atoms with Crippen molar-refractivity contribution >= 4 is 6.09 Å². The number of hydrogen-bond donors (Lipinski definition) is 1. The molecule has 1 fully saturated rings. The second-order valence-electron chi connectivity index (χ2n) is 9.29. The van der Waals surface area contributed by atoms with Crippen LogP contribution in [0.3, 0.4) is 0 Å². The Kier molecular flexibility index (Phi) is 7.93. The van der Waals surface area contributed by atoms with Crippen LogP contribution in [0, 0.1) is 13.8 Å². The predicted molar refractivity (Wildman–Crippen MR) is 114 cm³/mol. The minimum Gasteiger partial charge on any atom is -0.444 e. The Morgan fingerprint density at radius 1 is 1.29 bits per heavy atom. The Morgan fingerprint density at radius 3 is 2.61 bits per heavy atom. The number of aromatic nitrogens is 2. The molecule has 1 aromatic rings. The first-order valence-electron chi connectivity index (χ1n) is 10.8. The van der Waals surface area contributed by atoms with E-state index in [1.165, 1.54) is 24.1 Å². The highest BCUT2D eigenvalue weighted by Crippen LogP contribution is 2.23. The fraction of sp³-hybridized carbons (Fsp3) is 0.818. The number of carbonyl (C=O) groups is 1. The van der Waals surface area contributed by atoms with Gasteiger partial charge in [0.2, 0.25) is 0 Å². The lowest BCUT2D eigenvalue weighted by atomic mass is 10.0. The smallest absolute Gasteiger partial charge is 0.410 e. The number of rotatable bonds is 6. The third-order valence-corrected chi connectivity index (χ3v) is 5.66. The van der Waals surface area contributed by atoms with Crippen molar-refractivity contribution in [2.24, 2.45) is 7.05 Å². The molecule has 1 aliphatic rings. The number of nitrogens with zero attached hydrogens (tertiary/aromatic N) is 3. The molecule has 1 N–H and O–H groups in total. The van der Waals surface area contributed by atoms with Gasteiger partial charge in [-0.2, -0.15) is 5.10 Å². The van der Waals surface area contributed by atoms with Gasteiger partial charge in [-0.25, -0.2) is 4.79 Å². The van der Waals surface area contributed by atoms with Crippen LogP contribution in [-0.4, -0.2) is 51.5 Å². The number of likely N-dealkylation sites (tertiary alicyclic amines) is 1. The molecule has 1 aliphatic heterocycles. The first kappa shape index (κ1) is 22.7. The number of ether oxygens (including phenoxy) is 1. The first-order chi connectivity index (χ1) is 13.1. The fourth-order valence-corrected chi connectivity index (χ4v) is 4.10. The van der Waals surface area contributed by atoms with Crippen molar-refractivity contribution in [2.75, 3.05) is 13.1 Å². The van der Waals surface area contributed by atoms with Crippen LogP contribution in [0.15, 0.2) is 0 Å². The van der Waals surface area contributed by atoms with Gasteiger partial charge in [0.15, 0.2) is 0 Å². The number of hydrogen-bond acceptors (Lipinski definition) is 4. The monoisotopic (exact) mass is 392 g/mol. The van der Waals surface area contributed by atoms with Crippen LogP contribution in [0.5, 0.6) is 0 Å². The number of amides is 1. The van der Waals surface area contributed by atoms with Crippen molar-refractivity contribution in [1.29, 1.82) is 0 Å². The molecule has 6 heteroatoms. The van der Waals surface area contributed by atoms with Crippen molar-refractivity contribution in [3.05, 3.63) is 17.0 Å². The normalized spacial score (nSPS) is 19.4. The van der Waals surface area contributed by atoms with E-state index in [-0.39, 0.29) is 12.1 Å². The van der Waals surface area contributed by atoms with Crippen LogP contribution in [0.1, 0.15) is 76.8 Å². The lowest BCUT2D eigenvalue weighted by Gasteiger charge is -2.33. The summed E-state index contributed by atoms with van der Waals surface area (Å²) in [5.74, 6) is 0. The van der Waals surface area contributed by atoms with Crippen LogP contribution in [0.4, 0.5) is 4.79 Å². The molecule has 1 amide bonds. The summed E-state index contributed by atoms with van der Waals surface area (Å²) in [4.78, 5) is 14.7. The fourth-order valence-electron chi connectivity index (χ4n) is 4.10. The summed E-state index contributed by atoms with van der Waals surface area (Å²) < 4.78 is 7.63. The highest BCUT2D eigenvalue weighted by molar-refractivity contribution is 5.68. The van der Waals surface area contributed by atoms with Gasteiger partial charge >= 0.3 is 6.09 Å². The number of nitrogens with one attached hydrogen (secondary N) is 1. The zero-order valence-corrected chi connectivity index (χ0v) is 19.0. The van der Waals surface area contributed by atoms with Crippen molar-refractivity contribution in [1.82, 2.24) is 20.0 Å². The van der Waals surface area contributed by atoms with Crippen molar-refractivity contribution < 1.29 is 9.53 Å². The maximum atomic E-state index is 12.7. The lowest BCUT2D eigenvalue weighted by molar-refractivity contribution is 0.0150. The number of carbonyl (C=O) groups excluding carboxylic acids is 1. The molecular weight excluding hydrogens is 352 g/mol. The van der Waals surface area contributed by atoms with E-state index < -0.39 is 5.60 Å². The molecule has 0 aromatic carbocycles. The average Bonchev–Trinajstić information content (AvgIpc) is 2.76. The summed E-state index contributed by atoms with van der Waals surface area (Å²) in [5.41, 5.74) is 3.25. The molecule has 0 radical (unpaired) electrons. The molecule has 1 aromatic heterocycles. The molecule has 2 atom stereocenters. The Hall–Kier alpha value is -1.56. The van der Waals surface area contributed by atoms with Gasteiger partial charge in [0.25, 0.3) is 0 Å². The molecule has 0 saturated carbocycles. The molecule has 2 heterocycles. The topological polar surface area (TPSA) is 59.4 Å². The van der Waals surface area contributed by atoms with E-state index in [1.807, 2.05) is 37.4 Å². The van der Waals surface area contributed by atoms with Gasteiger partial charge in [0.1, 0.15) is 5.60 Å². The summed E-state index contributed by atoms with van der Waals surface area (Å²) in [5, 5.41) is 8.16. The summed E-state index contributed by atoms with van der Waals surface area (Å²) in [6.07, 6.45) is 6.29. The summed E-state index contributed by atoms with van der Waals surface area (Å²) >= 11 is 0. The first-order valence-corrected chi connectivity index (χ1v) is 10.8. The van der Waals surface area contributed by atoms with Crippen molar-refractivity contribution in [2.45, 2.75) is 97.8 Å². The minimum atomic E-state index is -0.447. The van der Waals surface area contributed by atoms with E-state index in [2.05, 4.69) is 31.2 Å². The van der Waals surface area contributed by atoms with Crippen LogP contribution >= 0.6 is 0 Å². The van der Waals surface area contributed by atoms with E-state index in [1.54, 1.807) is 0 Å². The number of aryl methyl sites for hydroxylation is 2. The standard InChI is InChI=1S/C22H40N4O2/c1-16(23-13-12-20-17(2)24-25(7)18(20)3)15-19-11-9-8-10-14-26(19)21(27)28-22(4,5)6/h16,19,23H,8-15H2,1-7H3/t16-,19+/m1/s1. The van der Waals surface area contributed by atoms with Crippen LogP contribution in [0.25, 0.3) is 0 Å². The van der Waals surface area contributed by atoms with Gasteiger partial charge in [0, 0.05) is 31.4 Å². The molecule has 160 valence electrons. The van der Waals surface area contributed by atoms with Gasteiger partial charge in [-0.3, -0.25) is 4.68 Å². The SMILES string of the molecule is Cc1nn(C)c(C)c1CCN[C@H](C)C[C@@H]1CCCCCN1C(=O)OC(C)(C)C. The van der Waals surface area contributed by atoms with Crippen LogP contribution < -0.4 is 5.32 Å². The Morgan fingerprint density at radius 2 is 2.00 bits per heavy atom. The lowest BCUT2D eigenvalue weighted by Crippen LogP contribution is -2.45. The highest BCUT2D eigenvalue weighted by atomic mass is 16.6. The highest BCUT2D eigenvalue weighted by Gasteiger charge is 2.30. The maximum absolute atomic E-state index is 12.7. The third-order valence-electron chi connectivity index (χ3n) is 5.66. The van der Waals surface area contributed by atoms with Gasteiger partial charge < -0.3 is 15.0 Å². The predicted octanol–water partition coefficient (Wildman–Crippen LogP) is 4.13. The maximum Gasteiger partial charge on any atom is 0.410 e. The second-order valence-corrected chi connectivity index (χ2v) is 9.29. The summed E-state index contributed by atoms with van der Waals surface area (Å²) in [7, 11) is 2.00. The van der Waals surface area contributed by atoms with Gasteiger partial charge in [-0.05, 0) is 79.3 Å². The minimum absolute atomic E-state index is 0.159. The second kappa shape index (κ2) is 9.77. The van der Waals surface area contributed by atoms with Crippen LogP contribution in [-0.2, 0) is 18.2 Å². The van der Waals surface area contributed by atoms with Crippen molar-refractivity contribution in [3.8, 4) is 0 Å². The van der Waals surface area contributed by atoms with Gasteiger partial charge in [0.05, 0.1) is 5.69 Å². The quantitative estimate of drug-likeness (QED) is 0.791. The Bertz CT molecular complexity index is 648. The molecule has 1 saturated heterocycles. The van der Waals surface area contributed by atoms with Crippen LogP contribution in [0.2, 0.25) is 0 Å². The molecule has 0 spiro atoms. The van der Waals surface area contributed by atoms with E-state index in [4.69, 9.17) is 4.74 Å². The third kappa shape index (κ3) is 6.50. The van der Waals surface area contributed by atoms with Crippen molar-refractivity contribution in [3.63, 3.8) is 0 Å². The largest absolute Gasteiger partial charge is 0.444 e. The summed E-state index contributed by atoms with van der Waals surface area (Å²) in [6.45, 7) is 14.0. The van der Waals surface area contributed by atoms with E-state index in [0.717, 1.165) is 44.5 Å². The molecule has 0 aliphatic carbocycles. The molecule has 6 nitrogen and oxygen atoms in total. The van der Waals surface area contributed by atoms with Gasteiger partial charge in [-0.15, -0.1) is 0 Å². The zero-order chi connectivity index (χ0) is 20.9. The summed E-state index contributed by atoms with van der Waals surface area (Å²) in [6, 6.07) is 0.604. The Balaban J connectivity index is 1.90. The van der Waals surface area contributed by atoms with E-state index in [0.29, 0.717) is 6.04 Å². The average molecular weight is 393 g/mol. The molecule has 0 bridgehead atoms. The van der Waals surface area contributed by atoms with E-state index >= 15 is 0 Å². The Labute approximate surface area is 171 Å². The van der Waals surface area contributed by atoms with Gasteiger partial charge in [-0.1, -0.05) is 12.8 Å². The zero-order valence-electron chi connectivity index (χ0n) is 19.0. The molecule has 2 rings (SSSR count). The molecule has 28 heavy (non-hydrogen) atoms. The molecular formula is C22H40N4O2. The van der Waals surface area contributed by atoms with E-state index in [9.17, 15) is 4.79 Å². The molecule has 0 unspecified atom stereocenters.